The number of carbonyl (C=O) groups excluding carboxylic acids is 3. The average Bonchev–Trinajstić information content (AvgIpc) is 3.87. The van der Waals surface area contributed by atoms with E-state index in [4.69, 9.17) is 10.5 Å². The molecule has 46 heavy (non-hydrogen) atoms. The predicted octanol–water partition coefficient (Wildman–Crippen LogP) is 2.14. The third-order valence-electron chi connectivity index (χ3n) is 8.17. The van der Waals surface area contributed by atoms with Crippen molar-refractivity contribution < 1.29 is 23.2 Å². The van der Waals surface area contributed by atoms with E-state index >= 15 is 0 Å². The van der Waals surface area contributed by atoms with E-state index in [0.717, 1.165) is 24.2 Å². The maximum absolute atomic E-state index is 13.7. The standard InChI is InChI=1S/C17H18F2N4O2.C15H15N5O/c18-13-2-1-11(15(19)6-13)7-23-8-12(5-16(23)24)17(25)21-14-3-4-22(9-14)10-20;16-10-19-7-6-12(8-19)18-15(21)14-9-20(11-17-14)13-4-2-1-3-5-13/h1-2,6,12,14H,3-5,7-9H2,(H,21,25);1-5,9,11-12H,6-8H2,(H,18,21). The van der Waals surface area contributed by atoms with Gasteiger partial charge in [-0.2, -0.15) is 10.5 Å². The Hall–Kier alpha value is -5.50. The number of nitriles is 2. The molecule has 2 aromatic carbocycles. The lowest BCUT2D eigenvalue weighted by atomic mass is 10.1. The van der Waals surface area contributed by atoms with E-state index in [-0.39, 0.29) is 54.9 Å². The molecule has 3 fully saturated rings. The molecule has 2 N–H and O–H groups in total. The van der Waals surface area contributed by atoms with E-state index in [9.17, 15) is 23.2 Å². The zero-order chi connectivity index (χ0) is 32.6. The monoisotopic (exact) mass is 629 g/mol. The number of hydrogen-bond donors (Lipinski definition) is 2. The van der Waals surface area contributed by atoms with Gasteiger partial charge in [0.15, 0.2) is 12.4 Å². The van der Waals surface area contributed by atoms with Crippen molar-refractivity contribution >= 4 is 17.7 Å². The van der Waals surface area contributed by atoms with Gasteiger partial charge in [0.05, 0.1) is 5.92 Å². The van der Waals surface area contributed by atoms with Crippen LogP contribution in [0.5, 0.6) is 0 Å². The molecule has 6 rings (SSSR count). The fourth-order valence-corrected chi connectivity index (χ4v) is 5.65. The van der Waals surface area contributed by atoms with Crippen molar-refractivity contribution in [1.29, 1.82) is 10.5 Å². The van der Waals surface area contributed by atoms with Gasteiger partial charge in [-0.25, -0.2) is 13.8 Å². The van der Waals surface area contributed by atoms with Crippen LogP contribution in [0.3, 0.4) is 0 Å². The van der Waals surface area contributed by atoms with Gasteiger partial charge < -0.3 is 29.9 Å². The first-order chi connectivity index (χ1) is 22.2. The molecule has 12 nitrogen and oxygen atoms in total. The number of benzene rings is 2. The molecule has 3 atom stereocenters. The number of halogens is 2. The number of imidazole rings is 1. The SMILES string of the molecule is N#CN1CCC(NC(=O)C2CC(=O)N(Cc3ccc(F)cc3F)C2)C1.N#CN1CCC(NC(=O)c2cn(-c3ccccc3)cn2)C1. The van der Waals surface area contributed by atoms with Gasteiger partial charge in [-0.15, -0.1) is 0 Å². The zero-order valence-corrected chi connectivity index (χ0v) is 25.0. The molecule has 4 heterocycles. The van der Waals surface area contributed by atoms with Crippen molar-refractivity contribution in [1.82, 2.24) is 34.9 Å². The van der Waals surface area contributed by atoms with Gasteiger partial charge in [0.2, 0.25) is 11.8 Å². The van der Waals surface area contributed by atoms with Crippen LogP contribution in [0.25, 0.3) is 5.69 Å². The maximum Gasteiger partial charge on any atom is 0.271 e. The number of nitrogens with one attached hydrogen (secondary N) is 2. The van der Waals surface area contributed by atoms with Crippen LogP contribution in [0.1, 0.15) is 35.3 Å². The molecule has 3 unspecified atom stereocenters. The molecule has 0 spiro atoms. The number of amides is 3. The van der Waals surface area contributed by atoms with Gasteiger partial charge in [0.25, 0.3) is 5.91 Å². The summed E-state index contributed by atoms with van der Waals surface area (Å²) in [4.78, 5) is 45.4. The molecule has 14 heteroatoms. The summed E-state index contributed by atoms with van der Waals surface area (Å²) in [5.41, 5.74) is 1.56. The first kappa shape index (κ1) is 31.9. The maximum atomic E-state index is 13.7. The number of para-hydroxylation sites is 1. The molecule has 238 valence electrons. The summed E-state index contributed by atoms with van der Waals surface area (Å²) in [6.07, 6.45) is 9.04. The fourth-order valence-electron chi connectivity index (χ4n) is 5.65. The number of rotatable bonds is 7. The van der Waals surface area contributed by atoms with Gasteiger partial charge in [-0.05, 0) is 31.0 Å². The lowest BCUT2D eigenvalue weighted by Gasteiger charge is -2.18. The molecular weight excluding hydrogens is 596 g/mol. The van der Waals surface area contributed by atoms with Crippen LogP contribution >= 0.6 is 0 Å². The largest absolute Gasteiger partial charge is 0.351 e. The Bertz CT molecular complexity index is 1650. The average molecular weight is 630 g/mol. The normalized spacial score (nSPS) is 20.5. The molecule has 0 radical (unpaired) electrons. The second-order valence-corrected chi connectivity index (χ2v) is 11.5. The van der Waals surface area contributed by atoms with Crippen LogP contribution in [0.15, 0.2) is 61.1 Å². The summed E-state index contributed by atoms with van der Waals surface area (Å²) in [5.74, 6) is -2.52. The van der Waals surface area contributed by atoms with Crippen LogP contribution in [0.2, 0.25) is 0 Å². The Balaban J connectivity index is 0.000000184. The Labute approximate surface area is 264 Å². The molecule has 3 amide bonds. The highest BCUT2D eigenvalue weighted by Crippen LogP contribution is 2.22. The smallest absolute Gasteiger partial charge is 0.271 e. The first-order valence-corrected chi connectivity index (χ1v) is 14.9. The van der Waals surface area contributed by atoms with E-state index < -0.39 is 17.6 Å². The van der Waals surface area contributed by atoms with Gasteiger partial charge in [-0.3, -0.25) is 14.4 Å². The highest BCUT2D eigenvalue weighted by molar-refractivity contribution is 5.92. The van der Waals surface area contributed by atoms with Gasteiger partial charge in [0.1, 0.15) is 23.7 Å². The lowest BCUT2D eigenvalue weighted by molar-refractivity contribution is -0.129. The molecule has 0 bridgehead atoms. The minimum absolute atomic E-state index is 0.0130. The summed E-state index contributed by atoms with van der Waals surface area (Å²) >= 11 is 0. The van der Waals surface area contributed by atoms with E-state index in [1.807, 2.05) is 41.1 Å². The van der Waals surface area contributed by atoms with Crippen LogP contribution in [-0.2, 0) is 16.1 Å². The molecule has 1 aromatic heterocycles. The van der Waals surface area contributed by atoms with Crippen molar-refractivity contribution in [3.63, 3.8) is 0 Å². The predicted molar refractivity (Wildman–Crippen MR) is 160 cm³/mol. The third-order valence-corrected chi connectivity index (χ3v) is 8.17. The summed E-state index contributed by atoms with van der Waals surface area (Å²) in [5, 5.41) is 23.4. The Morgan fingerprint density at radius 2 is 1.61 bits per heavy atom. The van der Waals surface area contributed by atoms with E-state index in [1.165, 1.54) is 11.0 Å². The van der Waals surface area contributed by atoms with Gasteiger partial charge in [-0.1, -0.05) is 24.3 Å². The van der Waals surface area contributed by atoms with Crippen molar-refractivity contribution in [2.45, 2.75) is 37.9 Å². The summed E-state index contributed by atoms with van der Waals surface area (Å²) in [6.45, 7) is 2.58. The number of hydrogen-bond acceptors (Lipinski definition) is 8. The number of likely N-dealkylation sites (tertiary alicyclic amines) is 3. The van der Waals surface area contributed by atoms with Crippen LogP contribution in [0, 0.1) is 40.5 Å². The van der Waals surface area contributed by atoms with Gasteiger partial charge in [0, 0.05) is 81.3 Å². The van der Waals surface area contributed by atoms with E-state index in [0.29, 0.717) is 38.3 Å². The highest BCUT2D eigenvalue weighted by Gasteiger charge is 2.36. The van der Waals surface area contributed by atoms with Crippen LogP contribution in [-0.4, -0.2) is 86.8 Å². The summed E-state index contributed by atoms with van der Waals surface area (Å²) < 4.78 is 28.5. The number of nitrogens with zero attached hydrogens (tertiary/aromatic N) is 7. The van der Waals surface area contributed by atoms with Crippen molar-refractivity contribution in [2.24, 2.45) is 5.92 Å². The third kappa shape index (κ3) is 7.95. The minimum Gasteiger partial charge on any atom is -0.351 e. The Morgan fingerprint density at radius 1 is 0.935 bits per heavy atom. The second-order valence-electron chi connectivity index (χ2n) is 11.5. The second kappa shape index (κ2) is 14.5. The summed E-state index contributed by atoms with van der Waals surface area (Å²) in [7, 11) is 0. The molecular formula is C32H33F2N9O3. The number of aromatic nitrogens is 2. The van der Waals surface area contributed by atoms with Crippen molar-refractivity contribution in [3.05, 3.63) is 83.9 Å². The molecule has 0 aliphatic carbocycles. The van der Waals surface area contributed by atoms with E-state index in [2.05, 4.69) is 21.8 Å². The van der Waals surface area contributed by atoms with E-state index in [1.54, 1.807) is 22.3 Å². The summed E-state index contributed by atoms with van der Waals surface area (Å²) in [6, 6.07) is 12.9. The fraction of sp³-hybridized carbons (Fsp3) is 0.375. The molecule has 3 aliphatic rings. The topological polar surface area (TPSA) is 150 Å². The highest BCUT2D eigenvalue weighted by atomic mass is 19.1. The van der Waals surface area contributed by atoms with Crippen molar-refractivity contribution in [2.75, 3.05) is 32.7 Å². The minimum atomic E-state index is -0.705. The molecule has 0 saturated carbocycles. The molecule has 3 saturated heterocycles. The Kier molecular flexibility index (Phi) is 10.1. The van der Waals surface area contributed by atoms with Crippen LogP contribution < -0.4 is 10.6 Å². The Morgan fingerprint density at radius 3 is 2.24 bits per heavy atom. The molecule has 3 aliphatic heterocycles. The zero-order valence-electron chi connectivity index (χ0n) is 25.0. The van der Waals surface area contributed by atoms with Crippen LogP contribution in [0.4, 0.5) is 8.78 Å². The van der Waals surface area contributed by atoms with Crippen molar-refractivity contribution in [3.8, 4) is 18.1 Å². The number of carbonyl (C=O) groups is 3. The first-order valence-electron chi connectivity index (χ1n) is 14.9. The molecule has 3 aromatic rings. The lowest BCUT2D eigenvalue weighted by Crippen LogP contribution is -2.41. The quantitative estimate of drug-likeness (QED) is 0.378. The van der Waals surface area contributed by atoms with Gasteiger partial charge >= 0.3 is 0 Å².